The molecule has 3 aromatic rings. The molecule has 0 unspecified atom stereocenters. The number of nitrogens with two attached hydrogens (primary N) is 1. The summed E-state index contributed by atoms with van der Waals surface area (Å²) in [6.45, 7) is 4.88. The van der Waals surface area contributed by atoms with Gasteiger partial charge in [0.2, 0.25) is 5.95 Å². The van der Waals surface area contributed by atoms with Crippen molar-refractivity contribution in [2.24, 2.45) is 5.73 Å². The van der Waals surface area contributed by atoms with Gasteiger partial charge in [0.05, 0.1) is 17.6 Å². The summed E-state index contributed by atoms with van der Waals surface area (Å²) in [6.07, 6.45) is 2.24. The topological polar surface area (TPSA) is 81.2 Å². The Morgan fingerprint density at radius 2 is 1.85 bits per heavy atom. The predicted molar refractivity (Wildman–Crippen MR) is 108 cm³/mol. The molecule has 6 nitrogen and oxygen atoms in total. The van der Waals surface area contributed by atoms with E-state index >= 15 is 0 Å². The van der Waals surface area contributed by atoms with Crippen molar-refractivity contribution in [3.63, 3.8) is 0 Å². The Balaban J connectivity index is 0.000000659. The van der Waals surface area contributed by atoms with Crippen molar-refractivity contribution in [2.45, 2.75) is 32.4 Å². The fourth-order valence-corrected chi connectivity index (χ4v) is 3.53. The molecule has 0 spiro atoms. The lowest BCUT2D eigenvalue weighted by atomic mass is 10.1. The molecule has 0 amide bonds. The van der Waals surface area contributed by atoms with Crippen LogP contribution < -0.4 is 10.6 Å². The van der Waals surface area contributed by atoms with E-state index in [1.807, 2.05) is 0 Å². The smallest absolute Gasteiger partial charge is 0.335 e. The molecule has 1 fully saturated rings. The van der Waals surface area contributed by atoms with Crippen LogP contribution in [0, 0.1) is 6.92 Å². The molecule has 0 radical (unpaired) electrons. The van der Waals surface area contributed by atoms with Gasteiger partial charge in [-0.3, -0.25) is 0 Å². The Morgan fingerprint density at radius 1 is 1.15 bits per heavy atom. The van der Waals surface area contributed by atoms with Crippen molar-refractivity contribution in [1.82, 2.24) is 9.55 Å². The molecule has 2 heterocycles. The molecule has 7 heteroatoms. The van der Waals surface area contributed by atoms with Crippen molar-refractivity contribution >= 4 is 28.6 Å². The molecule has 2 aromatic carbocycles. The first kappa shape index (κ1) is 19.3. The number of rotatable bonds is 3. The normalized spacial score (nSPS) is 16.7. The van der Waals surface area contributed by atoms with E-state index in [1.54, 1.807) is 0 Å². The highest BCUT2D eigenvalue weighted by Gasteiger charge is 2.22. The van der Waals surface area contributed by atoms with Gasteiger partial charge in [-0.15, -0.1) is 0 Å². The third kappa shape index (κ3) is 4.61. The largest absolute Gasteiger partial charge is 0.341 e. The number of aromatic nitrogens is 2. The van der Waals surface area contributed by atoms with E-state index in [0.29, 0.717) is 0 Å². The first-order valence-electron chi connectivity index (χ1n) is 9.05. The van der Waals surface area contributed by atoms with Gasteiger partial charge in [-0.2, -0.15) is 8.42 Å². The first-order valence-corrected chi connectivity index (χ1v) is 9.72. The van der Waals surface area contributed by atoms with Crippen LogP contribution in [0.25, 0.3) is 11.0 Å². The molecule has 0 aliphatic carbocycles. The molecule has 1 aliphatic rings. The minimum absolute atomic E-state index is 0.242. The Hall–Kier alpha value is -2.51. The second-order valence-electron chi connectivity index (χ2n) is 6.89. The van der Waals surface area contributed by atoms with Crippen LogP contribution >= 0.6 is 0 Å². The molecular weight excluding hydrogens is 360 g/mol. The predicted octanol–water partition coefficient (Wildman–Crippen LogP) is 2.65. The fourth-order valence-electron chi connectivity index (χ4n) is 3.53. The number of imidazole rings is 1. The van der Waals surface area contributed by atoms with Gasteiger partial charge >= 0.3 is 11.6 Å². The van der Waals surface area contributed by atoms with Gasteiger partial charge in [-0.05, 0) is 37.5 Å². The van der Waals surface area contributed by atoms with Crippen LogP contribution in [0.4, 0.5) is 5.95 Å². The molecular formula is C20H24N4O2S. The van der Waals surface area contributed by atoms with E-state index in [1.165, 1.54) is 16.6 Å². The summed E-state index contributed by atoms with van der Waals surface area (Å²) in [6, 6.07) is 17.4. The Labute approximate surface area is 162 Å². The summed E-state index contributed by atoms with van der Waals surface area (Å²) >= 11 is -0.750. The monoisotopic (exact) mass is 384 g/mol. The third-order valence-electron chi connectivity index (χ3n) is 4.84. The second-order valence-corrected chi connectivity index (χ2v) is 7.02. The lowest BCUT2D eigenvalue weighted by molar-refractivity contribution is 0.495. The number of anilines is 1. The van der Waals surface area contributed by atoms with Gasteiger partial charge < -0.3 is 15.2 Å². The molecule has 27 heavy (non-hydrogen) atoms. The number of fused-ring (bicyclic) bond motifs is 1. The van der Waals surface area contributed by atoms with Gasteiger partial charge in [0, 0.05) is 19.1 Å². The summed E-state index contributed by atoms with van der Waals surface area (Å²) in [5.74, 6) is 1.05. The highest BCUT2D eigenvalue weighted by molar-refractivity contribution is 7.51. The molecule has 1 saturated heterocycles. The summed E-state index contributed by atoms with van der Waals surface area (Å²) < 4.78 is 18.9. The fraction of sp³-hybridized carbons (Fsp3) is 0.350. The Morgan fingerprint density at radius 3 is 2.56 bits per heavy atom. The van der Waals surface area contributed by atoms with Crippen LogP contribution in [0.15, 0.2) is 48.5 Å². The molecule has 1 atom stereocenters. The van der Waals surface area contributed by atoms with Crippen molar-refractivity contribution in [3.05, 3.63) is 59.7 Å². The van der Waals surface area contributed by atoms with E-state index in [-0.39, 0.29) is 6.04 Å². The average molecular weight is 385 g/mol. The van der Waals surface area contributed by atoms with Crippen molar-refractivity contribution in [2.75, 3.05) is 18.0 Å². The highest BCUT2D eigenvalue weighted by Crippen LogP contribution is 2.26. The van der Waals surface area contributed by atoms with Gasteiger partial charge in [-0.25, -0.2) is 4.98 Å². The minimum atomic E-state index is -0.750. The van der Waals surface area contributed by atoms with Crippen LogP contribution in [0.3, 0.4) is 0 Å². The number of para-hydroxylation sites is 2. The van der Waals surface area contributed by atoms with Gasteiger partial charge in [0.25, 0.3) is 0 Å². The average Bonchev–Trinajstić information content (AvgIpc) is 3.03. The van der Waals surface area contributed by atoms with E-state index < -0.39 is 11.6 Å². The quantitative estimate of drug-likeness (QED) is 0.751. The highest BCUT2D eigenvalue weighted by atomic mass is 32.1. The van der Waals surface area contributed by atoms with Crippen molar-refractivity contribution in [1.29, 1.82) is 0 Å². The molecule has 2 N–H and O–H groups in total. The van der Waals surface area contributed by atoms with Crippen LogP contribution in [0.5, 0.6) is 0 Å². The van der Waals surface area contributed by atoms with E-state index in [9.17, 15) is 0 Å². The molecule has 142 valence electrons. The van der Waals surface area contributed by atoms with Crippen molar-refractivity contribution < 1.29 is 8.42 Å². The zero-order chi connectivity index (χ0) is 19.2. The molecule has 0 bridgehead atoms. The van der Waals surface area contributed by atoms with E-state index in [0.717, 1.165) is 43.9 Å². The summed E-state index contributed by atoms with van der Waals surface area (Å²) in [4.78, 5) is 7.27. The van der Waals surface area contributed by atoms with E-state index in [4.69, 9.17) is 19.1 Å². The van der Waals surface area contributed by atoms with Crippen LogP contribution in [-0.2, 0) is 18.1 Å². The number of nitrogens with zero attached hydrogens (tertiary/aromatic N) is 3. The van der Waals surface area contributed by atoms with Crippen LogP contribution in [0.1, 0.15) is 24.0 Å². The van der Waals surface area contributed by atoms with Crippen molar-refractivity contribution in [3.8, 4) is 0 Å². The van der Waals surface area contributed by atoms with Gasteiger partial charge in [-0.1, -0.05) is 42.0 Å². The summed E-state index contributed by atoms with van der Waals surface area (Å²) in [7, 11) is 0. The number of hydrogen-bond donors (Lipinski definition) is 1. The minimum Gasteiger partial charge on any atom is -0.341 e. The molecule has 4 rings (SSSR count). The molecule has 0 saturated carbocycles. The zero-order valence-corrected chi connectivity index (χ0v) is 16.2. The van der Waals surface area contributed by atoms with Gasteiger partial charge in [0.15, 0.2) is 0 Å². The van der Waals surface area contributed by atoms with Gasteiger partial charge in [0.1, 0.15) is 0 Å². The molecule has 1 aromatic heterocycles. The number of benzene rings is 2. The second kappa shape index (κ2) is 8.92. The number of hydrogen-bond acceptors (Lipinski definition) is 5. The third-order valence-corrected chi connectivity index (χ3v) is 4.84. The first-order chi connectivity index (χ1) is 13.1. The van der Waals surface area contributed by atoms with E-state index in [2.05, 4.69) is 64.9 Å². The van der Waals surface area contributed by atoms with Crippen LogP contribution in [-0.4, -0.2) is 37.1 Å². The summed E-state index contributed by atoms with van der Waals surface area (Å²) in [5, 5.41) is 0. The summed E-state index contributed by atoms with van der Waals surface area (Å²) in [5.41, 5.74) is 11.0. The van der Waals surface area contributed by atoms with Crippen LogP contribution in [0.2, 0.25) is 0 Å². The Kier molecular flexibility index (Phi) is 6.36. The maximum Gasteiger partial charge on any atom is 0.335 e. The molecule has 1 aliphatic heterocycles. The number of aryl methyl sites for hydroxylation is 1. The Bertz CT molecular complexity index is 933. The number of piperidine rings is 1. The maximum atomic E-state index is 8.29. The lowest BCUT2D eigenvalue weighted by Gasteiger charge is -2.32. The zero-order valence-electron chi connectivity index (χ0n) is 15.4. The maximum absolute atomic E-state index is 8.29. The SMILES string of the molecule is Cc1ccc(Cn2c(N3CCC[C@@H](N)C3)nc3ccccc32)cc1.O=S=O. The lowest BCUT2D eigenvalue weighted by Crippen LogP contribution is -2.44. The standard InChI is InChI=1S/C20H24N4.O2S/c1-15-8-10-16(11-9-15)13-24-19-7-3-2-6-18(19)22-20(24)23-12-4-5-17(21)14-23;1-3-2/h2-3,6-11,17H,4-5,12-14,21H2,1H3;/t17-;/m1./s1.